The molecule has 0 amide bonds. The van der Waals surface area contributed by atoms with E-state index in [0.29, 0.717) is 5.56 Å². The second-order valence-electron chi connectivity index (χ2n) is 10.7. The zero-order valence-electron chi connectivity index (χ0n) is 24.3. The summed E-state index contributed by atoms with van der Waals surface area (Å²) < 4.78 is 83.7. The first kappa shape index (κ1) is 34.5. The molecule has 5 heterocycles. The molecule has 0 aliphatic carbocycles. The van der Waals surface area contributed by atoms with E-state index in [0.717, 1.165) is 17.1 Å². The number of imidazole rings is 1. The number of nitrogen functional groups attached to an aromatic ring is 1. The molecular weight excluding hydrogens is 706 g/mol. The fourth-order valence-electron chi connectivity index (χ4n) is 5.30. The van der Waals surface area contributed by atoms with Gasteiger partial charge < -0.3 is 25.0 Å². The zero-order valence-corrected chi connectivity index (χ0v) is 26.9. The van der Waals surface area contributed by atoms with E-state index in [2.05, 4.69) is 36.7 Å². The van der Waals surface area contributed by atoms with Gasteiger partial charge in [0.05, 0.1) is 31.2 Å². The van der Waals surface area contributed by atoms with E-state index in [1.165, 1.54) is 10.9 Å². The molecule has 3 unspecified atom stereocenters. The molecule has 4 aromatic rings. The first-order valence-electron chi connectivity index (χ1n) is 14.0. The summed E-state index contributed by atoms with van der Waals surface area (Å²) in [5.41, 5.74) is 4.63. The minimum atomic E-state index is -5.23. The Kier molecular flexibility index (Phi) is 9.71. The second-order valence-corrected chi connectivity index (χ2v) is 14.9. The van der Waals surface area contributed by atoms with Crippen LogP contribution in [0.15, 0.2) is 58.8 Å². The third kappa shape index (κ3) is 7.30. The molecule has 48 heavy (non-hydrogen) atoms. The van der Waals surface area contributed by atoms with Crippen molar-refractivity contribution in [1.82, 2.24) is 29.1 Å². The number of phosphoric acid groups is 1. The van der Waals surface area contributed by atoms with Crippen LogP contribution in [-0.2, 0) is 32.2 Å². The molecule has 2 fully saturated rings. The number of alkyl halides is 2. The Morgan fingerprint density at radius 2 is 1.79 bits per heavy atom. The van der Waals surface area contributed by atoms with Crippen LogP contribution in [0.2, 0.25) is 0 Å². The number of H-pyrrole nitrogens is 1. The summed E-state index contributed by atoms with van der Waals surface area (Å²) in [6, 6.07) is 8.07. The van der Waals surface area contributed by atoms with Gasteiger partial charge in [-0.25, -0.2) is 37.7 Å². The fraction of sp³-hybridized carbons (Fsp3) is 0.400. The Balaban J connectivity index is 1.21. The van der Waals surface area contributed by atoms with Crippen LogP contribution in [0.3, 0.4) is 0 Å². The maximum Gasteiger partial charge on any atom is 0.472 e. The van der Waals surface area contributed by atoms with E-state index in [9.17, 15) is 28.5 Å². The van der Waals surface area contributed by atoms with Crippen molar-refractivity contribution in [3.8, 4) is 11.1 Å². The summed E-state index contributed by atoms with van der Waals surface area (Å²) in [7, 11) is -5.23. The molecule has 2 saturated heterocycles. The molecule has 258 valence electrons. The van der Waals surface area contributed by atoms with E-state index >= 15 is 8.78 Å². The molecular formula is C25H27F2N7O11P2S. The number of aromatic amines is 1. The van der Waals surface area contributed by atoms with Crippen molar-refractivity contribution in [2.45, 2.75) is 49.5 Å². The van der Waals surface area contributed by atoms with Gasteiger partial charge in [-0.2, -0.15) is 0 Å². The first-order chi connectivity index (χ1) is 22.7. The number of nitrogens with zero attached hydrogens (tertiary/aromatic N) is 5. The standard InChI is InChI=1S/C25H27F2N7O11P2S/c26-15-6-13(43-23(15)34-11-31-18-20(28)29-10-30-21(18)34)8-41-46(37,38)45-19-17(27)16(9-42-47(39,40)48)44-24(19)33-7-14(22(35)32-25(33)36)12-4-2-1-3-5-12/h1-5,7,10-11,13,15-17,19,23-24H,6,8-9H2,(H,37,38)(H2,28,29,30)(H,32,35,36)(H2,39,40,48)/t13-,15?,16+,17+,19+,23+,24+/m0/s1. The minimum Gasteiger partial charge on any atom is -0.382 e. The lowest BCUT2D eigenvalue weighted by Crippen LogP contribution is -2.38. The number of thiol groups is 1. The number of benzene rings is 1. The second kappa shape index (κ2) is 13.5. The number of hydrogen-bond acceptors (Lipinski definition) is 13. The van der Waals surface area contributed by atoms with Crippen LogP contribution in [0.25, 0.3) is 22.3 Å². The Morgan fingerprint density at radius 1 is 1.04 bits per heavy atom. The van der Waals surface area contributed by atoms with E-state index in [1.54, 1.807) is 30.3 Å². The summed E-state index contributed by atoms with van der Waals surface area (Å²) in [5.74, 6) is 0.0657. The number of phosphoric ester groups is 1. The zero-order chi connectivity index (χ0) is 34.4. The van der Waals surface area contributed by atoms with Gasteiger partial charge in [0.15, 0.2) is 30.1 Å². The molecule has 0 bridgehead atoms. The van der Waals surface area contributed by atoms with Crippen LogP contribution in [0, 0.1) is 0 Å². The van der Waals surface area contributed by atoms with E-state index in [-0.39, 0.29) is 29.0 Å². The number of rotatable bonds is 11. The lowest BCUT2D eigenvalue weighted by molar-refractivity contribution is -0.0568. The molecule has 6 rings (SSSR count). The quantitative estimate of drug-likeness (QED) is 0.109. The summed E-state index contributed by atoms with van der Waals surface area (Å²) in [6.45, 7) is -6.01. The molecule has 5 N–H and O–H groups in total. The predicted molar refractivity (Wildman–Crippen MR) is 164 cm³/mol. The van der Waals surface area contributed by atoms with Crippen LogP contribution >= 0.6 is 26.9 Å². The summed E-state index contributed by atoms with van der Waals surface area (Å²) in [4.78, 5) is 59.5. The Hall–Kier alpha value is -3.36. The van der Waals surface area contributed by atoms with Gasteiger partial charge in [0.25, 0.3) is 5.56 Å². The van der Waals surface area contributed by atoms with Gasteiger partial charge in [-0.1, -0.05) is 42.6 Å². The normalized spacial score (nSPS) is 28.4. The molecule has 9 atom stereocenters. The molecule has 18 nitrogen and oxygen atoms in total. The smallest absolute Gasteiger partial charge is 0.382 e. The van der Waals surface area contributed by atoms with Crippen molar-refractivity contribution in [3.05, 3.63) is 70.0 Å². The van der Waals surface area contributed by atoms with Gasteiger partial charge in [0.2, 0.25) is 0 Å². The average Bonchev–Trinajstić information content (AvgIpc) is 3.71. The number of nitrogens with one attached hydrogen (secondary N) is 1. The van der Waals surface area contributed by atoms with Gasteiger partial charge in [-0.3, -0.25) is 32.5 Å². The highest BCUT2D eigenvalue weighted by molar-refractivity contribution is 8.44. The van der Waals surface area contributed by atoms with Crippen LogP contribution in [0.1, 0.15) is 18.9 Å². The maximum atomic E-state index is 15.8. The highest BCUT2D eigenvalue weighted by atomic mass is 32.7. The van der Waals surface area contributed by atoms with Crippen molar-refractivity contribution in [1.29, 1.82) is 0 Å². The van der Waals surface area contributed by atoms with Crippen LogP contribution in [0.4, 0.5) is 14.6 Å². The molecule has 23 heteroatoms. The SMILES string of the molecule is Nc1ncnc2c1ncn2[C@@H]1O[C@H](COP(=O)(O)O[C@@H]2[C@H](F)[C@@H](COP(=O)(O)S)O[C@H]2n2cc(-c3ccccc3)c(=O)[nH]c2=O)CC1F. The minimum absolute atomic E-state index is 0.0418. The molecule has 0 saturated carbocycles. The number of halogens is 2. The van der Waals surface area contributed by atoms with Crippen LogP contribution < -0.4 is 17.0 Å². The highest BCUT2D eigenvalue weighted by Gasteiger charge is 2.51. The Bertz CT molecular complexity index is 2020. The van der Waals surface area contributed by atoms with Crippen molar-refractivity contribution in [2.75, 3.05) is 18.9 Å². The number of aromatic nitrogens is 6. The first-order valence-corrected chi connectivity index (χ1v) is 18.2. The fourth-order valence-corrected chi connectivity index (χ4v) is 6.79. The molecule has 2 aliphatic heterocycles. The molecule has 0 radical (unpaired) electrons. The van der Waals surface area contributed by atoms with Gasteiger partial charge >= 0.3 is 20.3 Å². The number of hydrogen-bond donors (Lipinski definition) is 5. The molecule has 3 aromatic heterocycles. The van der Waals surface area contributed by atoms with Gasteiger partial charge in [-0.05, 0) is 5.56 Å². The number of fused-ring (bicyclic) bond motifs is 1. The van der Waals surface area contributed by atoms with Crippen molar-refractivity contribution >= 4 is 43.9 Å². The number of nitrogens with two attached hydrogens (primary N) is 1. The number of anilines is 1. The van der Waals surface area contributed by atoms with Gasteiger partial charge in [-0.15, -0.1) is 0 Å². The topological polar surface area (TPSA) is 245 Å². The van der Waals surface area contributed by atoms with Crippen molar-refractivity contribution in [3.63, 3.8) is 0 Å². The maximum absolute atomic E-state index is 15.8. The highest BCUT2D eigenvalue weighted by Crippen LogP contribution is 2.52. The van der Waals surface area contributed by atoms with Gasteiger partial charge in [0, 0.05) is 12.6 Å². The van der Waals surface area contributed by atoms with Crippen LogP contribution in [-0.4, -0.2) is 82.7 Å². The van der Waals surface area contributed by atoms with E-state index in [4.69, 9.17) is 24.3 Å². The van der Waals surface area contributed by atoms with Crippen LogP contribution in [0.5, 0.6) is 0 Å². The third-order valence-electron chi connectivity index (χ3n) is 7.47. The Labute approximate surface area is 273 Å². The van der Waals surface area contributed by atoms with Gasteiger partial charge in [0.1, 0.15) is 30.2 Å². The summed E-state index contributed by atoms with van der Waals surface area (Å²) in [5, 5.41) is 0. The Morgan fingerprint density at radius 3 is 2.52 bits per heavy atom. The molecule has 1 aromatic carbocycles. The number of ether oxygens (including phenoxy) is 2. The lowest BCUT2D eigenvalue weighted by Gasteiger charge is -2.24. The molecule has 0 spiro atoms. The third-order valence-corrected chi connectivity index (χ3v) is 9.28. The van der Waals surface area contributed by atoms with E-state index < -0.39 is 82.2 Å². The molecule has 2 aliphatic rings. The average molecular weight is 734 g/mol. The monoisotopic (exact) mass is 733 g/mol. The predicted octanol–water partition coefficient (Wildman–Crippen LogP) is 2.04. The van der Waals surface area contributed by atoms with Crippen molar-refractivity contribution < 1.29 is 50.7 Å². The van der Waals surface area contributed by atoms with Crippen molar-refractivity contribution in [2.24, 2.45) is 0 Å². The van der Waals surface area contributed by atoms with E-state index in [1.807, 2.05) is 0 Å². The summed E-state index contributed by atoms with van der Waals surface area (Å²) in [6.07, 6.45) is -8.78. The lowest BCUT2D eigenvalue weighted by atomic mass is 10.1. The largest absolute Gasteiger partial charge is 0.472 e. The summed E-state index contributed by atoms with van der Waals surface area (Å²) >= 11 is 3.37.